The number of hydrogen-bond donors (Lipinski definition) is 0. The Hall–Kier alpha value is -0.0600. The van der Waals surface area contributed by atoms with E-state index >= 15 is 0 Å². The number of hydrogen-bond acceptors (Lipinski definition) is 3. The Kier molecular flexibility index (Phi) is 11.5. The molecule has 0 amide bonds. The zero-order valence-corrected chi connectivity index (χ0v) is 26.9. The fraction of sp³-hybridized carbons (Fsp3) is 0.968. The summed E-state index contributed by atoms with van der Waals surface area (Å²) in [5.74, 6) is 8.76. The van der Waals surface area contributed by atoms with Crippen molar-refractivity contribution in [2.24, 2.45) is 45.3 Å². The van der Waals surface area contributed by atoms with Crippen molar-refractivity contribution in [2.75, 3.05) is 44.9 Å². The molecule has 0 spiro atoms. The molecule has 0 bridgehead atoms. The van der Waals surface area contributed by atoms with Gasteiger partial charge in [0.05, 0.1) is 13.2 Å². The normalized spacial score (nSPS) is 28.3. The van der Waals surface area contributed by atoms with E-state index in [1.807, 2.05) is 0 Å². The monoisotopic (exact) mass is 513 g/mol. The first-order valence-electron chi connectivity index (χ1n) is 14.1. The summed E-state index contributed by atoms with van der Waals surface area (Å²) in [7, 11) is 0.569. The number of rotatable bonds is 0. The van der Waals surface area contributed by atoms with Gasteiger partial charge in [-0.15, -0.1) is 0 Å². The van der Waals surface area contributed by atoms with Gasteiger partial charge in [-0.05, 0) is 74.7 Å². The van der Waals surface area contributed by atoms with Gasteiger partial charge in [-0.3, -0.25) is 4.21 Å². The van der Waals surface area contributed by atoms with E-state index in [-0.39, 0.29) is 0 Å². The third kappa shape index (κ3) is 11.9. The lowest BCUT2D eigenvalue weighted by atomic mass is 9.69. The molecule has 4 aliphatic rings. The molecule has 0 aromatic carbocycles. The summed E-state index contributed by atoms with van der Waals surface area (Å²) in [6.45, 7) is 31.9. The molecule has 0 aromatic rings. The third-order valence-electron chi connectivity index (χ3n) is 8.72. The molecule has 3 saturated heterocycles. The van der Waals surface area contributed by atoms with E-state index in [4.69, 9.17) is 4.74 Å². The van der Waals surface area contributed by atoms with Crippen LogP contribution in [0.3, 0.4) is 0 Å². The standard InChI is InChI=1S/C8H17N.C8H16OS.C8H16.C7H14O/c1-8(2,3)7-5-9(4)6-7;1-8(2,3)7-5-10(4,9)6-7;1-8(2,3)7-5-4-6-7;1-7(2,3)6-4-8-5-6/h7H,5-6H2,1-4H3;7H,4-6H2,1-3H3;7H,4-6H2,1-3H3;6H,4-5H2,1-3H3. The molecule has 3 heterocycles. The van der Waals surface area contributed by atoms with Crippen molar-refractivity contribution in [1.82, 2.24) is 4.90 Å². The van der Waals surface area contributed by atoms with Crippen LogP contribution in [0.15, 0.2) is 0 Å². The number of nitrogens with zero attached hydrogens (tertiary/aromatic N) is 1. The van der Waals surface area contributed by atoms with Crippen molar-refractivity contribution in [1.29, 1.82) is 0 Å². The summed E-state index contributed by atoms with van der Waals surface area (Å²) in [4.78, 5) is 2.37. The zero-order valence-electron chi connectivity index (χ0n) is 26.1. The van der Waals surface area contributed by atoms with E-state index in [0.717, 1.165) is 42.5 Å². The van der Waals surface area contributed by atoms with Gasteiger partial charge in [-0.1, -0.05) is 89.5 Å². The second kappa shape index (κ2) is 12.2. The van der Waals surface area contributed by atoms with Crippen LogP contribution in [0.2, 0.25) is 0 Å². The number of likely N-dealkylation sites (tertiary alicyclic amines) is 1. The van der Waals surface area contributed by atoms with Crippen LogP contribution in [0.1, 0.15) is 102 Å². The van der Waals surface area contributed by atoms with Crippen LogP contribution < -0.4 is 0 Å². The maximum atomic E-state index is 11.2. The number of ether oxygens (including phenoxy) is 1. The molecule has 35 heavy (non-hydrogen) atoms. The molecule has 0 aromatic heterocycles. The summed E-state index contributed by atoms with van der Waals surface area (Å²) < 4.78 is 16.2. The molecule has 1 saturated carbocycles. The van der Waals surface area contributed by atoms with Gasteiger partial charge in [0.2, 0.25) is 0 Å². The Bertz CT molecular complexity index is 678. The summed E-state index contributed by atoms with van der Waals surface area (Å²) >= 11 is 0. The van der Waals surface area contributed by atoms with Crippen LogP contribution >= 0.6 is 0 Å². The van der Waals surface area contributed by atoms with E-state index in [0.29, 0.717) is 27.6 Å². The minimum atomic E-state index is -1.61. The Morgan fingerprint density at radius 2 is 1.03 bits per heavy atom. The highest BCUT2D eigenvalue weighted by Gasteiger charge is 2.37. The second-order valence-corrected chi connectivity index (χ2v) is 18.8. The quantitative estimate of drug-likeness (QED) is 0.314. The van der Waals surface area contributed by atoms with Crippen LogP contribution in [0, 0.1) is 45.3 Å². The van der Waals surface area contributed by atoms with E-state index in [9.17, 15) is 4.21 Å². The largest absolute Gasteiger partial charge is 0.381 e. The van der Waals surface area contributed by atoms with E-state index < -0.39 is 9.52 Å². The topological polar surface area (TPSA) is 29.5 Å². The molecule has 4 fully saturated rings. The molecule has 3 aliphatic heterocycles. The maximum Gasteiger partial charge on any atom is 0.0521 e. The Balaban J connectivity index is 0.000000234. The van der Waals surface area contributed by atoms with Crippen molar-refractivity contribution in [2.45, 2.75) is 102 Å². The lowest BCUT2D eigenvalue weighted by Gasteiger charge is -2.44. The van der Waals surface area contributed by atoms with Gasteiger partial charge in [-0.25, -0.2) is 0 Å². The van der Waals surface area contributed by atoms with Crippen LogP contribution in [0.4, 0.5) is 0 Å². The van der Waals surface area contributed by atoms with Crippen molar-refractivity contribution >= 4 is 15.4 Å². The first kappa shape index (κ1) is 33.0. The van der Waals surface area contributed by atoms with Gasteiger partial charge in [-0.2, -0.15) is 0 Å². The molecule has 0 unspecified atom stereocenters. The van der Waals surface area contributed by atoms with Gasteiger partial charge < -0.3 is 9.64 Å². The van der Waals surface area contributed by atoms with E-state index in [2.05, 4.69) is 101 Å². The minimum absolute atomic E-state index is 0.332. The summed E-state index contributed by atoms with van der Waals surface area (Å²) in [5.41, 5.74) is 1.93. The predicted molar refractivity (Wildman–Crippen MR) is 159 cm³/mol. The Morgan fingerprint density at radius 1 is 0.657 bits per heavy atom. The van der Waals surface area contributed by atoms with Gasteiger partial charge >= 0.3 is 0 Å². The van der Waals surface area contributed by atoms with Gasteiger partial charge in [0.1, 0.15) is 0 Å². The minimum Gasteiger partial charge on any atom is -0.381 e. The zero-order chi connectivity index (χ0) is 27.5. The summed E-state index contributed by atoms with van der Waals surface area (Å²) in [6.07, 6.45) is 4.43. The third-order valence-corrected chi connectivity index (χ3v) is 10.7. The lowest BCUT2D eigenvalue weighted by Crippen LogP contribution is -2.49. The molecular formula is C31H63NO2S. The molecular weight excluding hydrogens is 450 g/mol. The highest BCUT2D eigenvalue weighted by molar-refractivity contribution is 8.01. The van der Waals surface area contributed by atoms with Gasteiger partial charge in [0.15, 0.2) is 0 Å². The first-order valence-corrected chi connectivity index (χ1v) is 16.2. The van der Waals surface area contributed by atoms with Crippen LogP contribution in [0.25, 0.3) is 0 Å². The molecule has 0 atom stereocenters. The maximum absolute atomic E-state index is 11.2. The van der Waals surface area contributed by atoms with E-state index in [1.54, 1.807) is 0 Å². The molecule has 4 heteroatoms. The first-order chi connectivity index (χ1) is 15.5. The van der Waals surface area contributed by atoms with E-state index in [1.165, 1.54) is 32.4 Å². The molecule has 0 N–H and O–H groups in total. The molecule has 1 aliphatic carbocycles. The Labute approximate surface area is 221 Å². The fourth-order valence-electron chi connectivity index (χ4n) is 4.44. The molecule has 0 radical (unpaired) electrons. The lowest BCUT2D eigenvalue weighted by molar-refractivity contribution is -0.0821. The van der Waals surface area contributed by atoms with Gasteiger partial charge in [0.25, 0.3) is 0 Å². The predicted octanol–water partition coefficient (Wildman–Crippen LogP) is 7.48. The average Bonchev–Trinajstić information content (AvgIpc) is 2.42. The molecule has 3 nitrogen and oxygen atoms in total. The summed E-state index contributed by atoms with van der Waals surface area (Å²) in [5, 5.41) is 0. The van der Waals surface area contributed by atoms with Crippen molar-refractivity contribution < 1.29 is 8.95 Å². The van der Waals surface area contributed by atoms with Crippen molar-refractivity contribution in [3.63, 3.8) is 0 Å². The van der Waals surface area contributed by atoms with Gasteiger partial charge in [0, 0.05) is 30.5 Å². The van der Waals surface area contributed by atoms with Crippen LogP contribution in [-0.4, -0.2) is 59.8 Å². The Morgan fingerprint density at radius 3 is 1.09 bits per heavy atom. The van der Waals surface area contributed by atoms with Crippen LogP contribution in [0.5, 0.6) is 0 Å². The second-order valence-electron chi connectivity index (χ2n) is 16.2. The van der Waals surface area contributed by atoms with Crippen molar-refractivity contribution in [3.05, 3.63) is 0 Å². The SMILES string of the molecule is C=S1(=O)CC(C(C)(C)C)C1.CC(C)(C)C1CCC1.CC(C)(C)C1COC1.CN1CC(C(C)(C)C)C1. The average molecular weight is 514 g/mol. The summed E-state index contributed by atoms with van der Waals surface area (Å²) in [6, 6.07) is 0. The van der Waals surface area contributed by atoms with Crippen molar-refractivity contribution in [3.8, 4) is 0 Å². The highest BCUT2D eigenvalue weighted by atomic mass is 32.2. The molecule has 210 valence electrons. The smallest absolute Gasteiger partial charge is 0.0521 e. The fourth-order valence-corrected chi connectivity index (χ4v) is 6.81. The highest BCUT2D eigenvalue weighted by Crippen LogP contribution is 2.41. The molecule has 4 rings (SSSR count). The van der Waals surface area contributed by atoms with Crippen LogP contribution in [-0.2, 0) is 14.3 Å².